The molecule has 0 unspecified atom stereocenters. The summed E-state index contributed by atoms with van der Waals surface area (Å²) >= 11 is 3.31. The first-order valence-corrected chi connectivity index (χ1v) is 6.50. The number of methoxy groups -OCH3 is 1. The van der Waals surface area contributed by atoms with E-state index < -0.39 is 11.7 Å². The van der Waals surface area contributed by atoms with Crippen molar-refractivity contribution in [1.29, 1.82) is 0 Å². The second-order valence-electron chi connectivity index (χ2n) is 4.07. The van der Waals surface area contributed by atoms with Crippen LogP contribution in [-0.2, 0) is 0 Å². The summed E-state index contributed by atoms with van der Waals surface area (Å²) in [6.07, 6.45) is 0. The van der Waals surface area contributed by atoms with E-state index in [0.29, 0.717) is 11.4 Å². The van der Waals surface area contributed by atoms with Gasteiger partial charge in [0.25, 0.3) is 5.91 Å². The lowest BCUT2D eigenvalue weighted by atomic mass is 10.1. The molecule has 0 aromatic heterocycles. The van der Waals surface area contributed by atoms with Gasteiger partial charge in [-0.3, -0.25) is 4.79 Å². The topological polar surface area (TPSA) is 64.3 Å². The molecule has 0 spiro atoms. The average Bonchev–Trinajstić information content (AvgIpc) is 2.40. The lowest BCUT2D eigenvalue weighted by molar-refractivity contribution is 0.102. The highest BCUT2D eigenvalue weighted by Gasteiger charge is 2.12. The number of nitrogens with one attached hydrogen (secondary N) is 1. The Morgan fingerprint density at radius 2 is 2.05 bits per heavy atom. The van der Waals surface area contributed by atoms with Crippen molar-refractivity contribution < 1.29 is 13.9 Å². The maximum atomic E-state index is 13.2. The van der Waals surface area contributed by atoms with Gasteiger partial charge in [0, 0.05) is 21.9 Å². The Morgan fingerprint density at radius 3 is 2.75 bits per heavy atom. The van der Waals surface area contributed by atoms with Crippen LogP contribution < -0.4 is 15.8 Å². The molecule has 0 bridgehead atoms. The molecule has 2 aromatic rings. The number of nitrogens with two attached hydrogens (primary N) is 1. The lowest BCUT2D eigenvalue weighted by Gasteiger charge is -2.09. The highest BCUT2D eigenvalue weighted by Crippen LogP contribution is 2.25. The van der Waals surface area contributed by atoms with E-state index in [0.717, 1.165) is 10.5 Å². The standard InChI is InChI=1S/C14H12BrFN2O2/c1-20-11-5-8(15)4-10(7-11)18-14(19)12-6-9(16)2-3-13(12)17/h2-7H,17H2,1H3,(H,18,19). The number of nitrogen functional groups attached to an aromatic ring is 1. The van der Waals surface area contributed by atoms with Gasteiger partial charge in [0.2, 0.25) is 0 Å². The Labute approximate surface area is 123 Å². The van der Waals surface area contributed by atoms with Gasteiger partial charge in [-0.05, 0) is 30.3 Å². The number of rotatable bonds is 3. The molecular weight excluding hydrogens is 327 g/mol. The number of ether oxygens (including phenoxy) is 1. The van der Waals surface area contributed by atoms with Gasteiger partial charge in [-0.1, -0.05) is 15.9 Å². The van der Waals surface area contributed by atoms with E-state index in [4.69, 9.17) is 10.5 Å². The summed E-state index contributed by atoms with van der Waals surface area (Å²) < 4.78 is 19.0. The molecule has 2 aromatic carbocycles. The van der Waals surface area contributed by atoms with Crippen LogP contribution >= 0.6 is 15.9 Å². The summed E-state index contributed by atoms with van der Waals surface area (Å²) in [4.78, 5) is 12.1. The molecular formula is C14H12BrFN2O2. The molecule has 0 atom stereocenters. The van der Waals surface area contributed by atoms with Crippen LogP contribution in [0.15, 0.2) is 40.9 Å². The van der Waals surface area contributed by atoms with E-state index in [1.54, 1.807) is 18.2 Å². The van der Waals surface area contributed by atoms with E-state index in [1.165, 1.54) is 19.2 Å². The van der Waals surface area contributed by atoms with Crippen molar-refractivity contribution in [2.75, 3.05) is 18.2 Å². The first kappa shape index (κ1) is 14.3. The maximum absolute atomic E-state index is 13.2. The number of hydrogen-bond acceptors (Lipinski definition) is 3. The molecule has 6 heteroatoms. The fourth-order valence-corrected chi connectivity index (χ4v) is 2.15. The number of carbonyl (C=O) groups is 1. The lowest BCUT2D eigenvalue weighted by Crippen LogP contribution is -2.14. The van der Waals surface area contributed by atoms with Crippen LogP contribution in [0.5, 0.6) is 5.75 Å². The first-order valence-electron chi connectivity index (χ1n) is 5.70. The van der Waals surface area contributed by atoms with Gasteiger partial charge in [-0.15, -0.1) is 0 Å². The maximum Gasteiger partial charge on any atom is 0.257 e. The third-order valence-electron chi connectivity index (χ3n) is 2.62. The van der Waals surface area contributed by atoms with E-state index in [9.17, 15) is 9.18 Å². The molecule has 0 aliphatic heterocycles. The fraction of sp³-hybridized carbons (Fsp3) is 0.0714. The third kappa shape index (κ3) is 3.27. The molecule has 0 radical (unpaired) electrons. The van der Waals surface area contributed by atoms with E-state index >= 15 is 0 Å². The number of anilines is 2. The largest absolute Gasteiger partial charge is 0.497 e. The quantitative estimate of drug-likeness (QED) is 0.842. The van der Waals surface area contributed by atoms with Gasteiger partial charge < -0.3 is 15.8 Å². The van der Waals surface area contributed by atoms with E-state index in [2.05, 4.69) is 21.2 Å². The second kappa shape index (κ2) is 5.92. The number of benzene rings is 2. The zero-order valence-electron chi connectivity index (χ0n) is 10.6. The molecule has 104 valence electrons. The summed E-state index contributed by atoms with van der Waals surface area (Å²) in [5.74, 6) is -0.416. The molecule has 1 amide bonds. The Balaban J connectivity index is 2.27. The minimum Gasteiger partial charge on any atom is -0.497 e. The summed E-state index contributed by atoms with van der Waals surface area (Å²) in [7, 11) is 1.53. The number of hydrogen-bond donors (Lipinski definition) is 2. The molecule has 2 rings (SSSR count). The van der Waals surface area contributed by atoms with Crippen molar-refractivity contribution in [3.8, 4) is 5.75 Å². The summed E-state index contributed by atoms with van der Waals surface area (Å²) in [5, 5.41) is 2.65. The predicted molar refractivity (Wildman–Crippen MR) is 79.5 cm³/mol. The smallest absolute Gasteiger partial charge is 0.257 e. The third-order valence-corrected chi connectivity index (χ3v) is 3.08. The van der Waals surface area contributed by atoms with Gasteiger partial charge in [-0.25, -0.2) is 4.39 Å². The van der Waals surface area contributed by atoms with Crippen LogP contribution in [-0.4, -0.2) is 13.0 Å². The average molecular weight is 339 g/mol. The predicted octanol–water partition coefficient (Wildman–Crippen LogP) is 3.43. The summed E-state index contributed by atoms with van der Waals surface area (Å²) in [6, 6.07) is 8.76. The Bertz CT molecular complexity index is 662. The van der Waals surface area contributed by atoms with Crippen LogP contribution in [0.4, 0.5) is 15.8 Å². The SMILES string of the molecule is COc1cc(Br)cc(NC(=O)c2cc(F)ccc2N)c1. The van der Waals surface area contributed by atoms with Crippen LogP contribution in [0.1, 0.15) is 10.4 Å². The van der Waals surface area contributed by atoms with Gasteiger partial charge >= 0.3 is 0 Å². The molecule has 20 heavy (non-hydrogen) atoms. The normalized spacial score (nSPS) is 10.2. The zero-order valence-corrected chi connectivity index (χ0v) is 12.2. The van der Waals surface area contributed by atoms with Gasteiger partial charge in [0.15, 0.2) is 0 Å². The zero-order chi connectivity index (χ0) is 14.7. The molecule has 4 nitrogen and oxygen atoms in total. The second-order valence-corrected chi connectivity index (χ2v) is 4.98. The summed E-state index contributed by atoms with van der Waals surface area (Å²) in [6.45, 7) is 0. The van der Waals surface area contributed by atoms with Crippen LogP contribution in [0.25, 0.3) is 0 Å². The highest BCUT2D eigenvalue weighted by molar-refractivity contribution is 9.10. The minimum absolute atomic E-state index is 0.0870. The molecule has 0 saturated heterocycles. The van der Waals surface area contributed by atoms with Crippen molar-refractivity contribution in [2.24, 2.45) is 0 Å². The number of amides is 1. The van der Waals surface area contributed by atoms with Crippen LogP contribution in [0, 0.1) is 5.82 Å². The molecule has 0 aliphatic rings. The van der Waals surface area contributed by atoms with Crippen LogP contribution in [0.2, 0.25) is 0 Å². The van der Waals surface area contributed by atoms with Crippen LogP contribution in [0.3, 0.4) is 0 Å². The Kier molecular flexibility index (Phi) is 4.24. The van der Waals surface area contributed by atoms with Crippen molar-refractivity contribution >= 4 is 33.2 Å². The van der Waals surface area contributed by atoms with Crippen molar-refractivity contribution in [3.05, 3.63) is 52.3 Å². The number of halogens is 2. The first-order chi connectivity index (χ1) is 9.49. The van der Waals surface area contributed by atoms with Gasteiger partial charge in [0.1, 0.15) is 11.6 Å². The fourth-order valence-electron chi connectivity index (χ4n) is 1.68. The Morgan fingerprint density at radius 1 is 1.30 bits per heavy atom. The Hall–Kier alpha value is -2.08. The number of carbonyl (C=O) groups excluding carboxylic acids is 1. The molecule has 0 heterocycles. The van der Waals surface area contributed by atoms with Crippen molar-refractivity contribution in [3.63, 3.8) is 0 Å². The minimum atomic E-state index is -0.517. The molecule has 0 aliphatic carbocycles. The highest BCUT2D eigenvalue weighted by atomic mass is 79.9. The monoisotopic (exact) mass is 338 g/mol. The van der Waals surface area contributed by atoms with E-state index in [1.807, 2.05) is 0 Å². The molecule has 0 saturated carbocycles. The summed E-state index contributed by atoms with van der Waals surface area (Å²) in [5.41, 5.74) is 6.49. The molecule has 3 N–H and O–H groups in total. The van der Waals surface area contributed by atoms with Crippen molar-refractivity contribution in [2.45, 2.75) is 0 Å². The molecule has 0 fully saturated rings. The van der Waals surface area contributed by atoms with Gasteiger partial charge in [-0.2, -0.15) is 0 Å². The van der Waals surface area contributed by atoms with Gasteiger partial charge in [0.05, 0.1) is 12.7 Å². The van der Waals surface area contributed by atoms with Crippen molar-refractivity contribution in [1.82, 2.24) is 0 Å². The van der Waals surface area contributed by atoms with E-state index in [-0.39, 0.29) is 11.3 Å².